The highest BCUT2D eigenvalue weighted by Crippen LogP contribution is 2.08. The van der Waals surface area contributed by atoms with Crippen molar-refractivity contribution < 1.29 is 28.5 Å². The molecule has 0 atom stereocenters. The summed E-state index contributed by atoms with van der Waals surface area (Å²) in [5, 5.41) is 0. The van der Waals surface area contributed by atoms with Gasteiger partial charge >= 0.3 is 11.9 Å². The van der Waals surface area contributed by atoms with Gasteiger partial charge in [0.2, 0.25) is 0 Å². The summed E-state index contributed by atoms with van der Waals surface area (Å²) in [5.41, 5.74) is 0. The molecular weight excluding hydrogens is 384 g/mol. The van der Waals surface area contributed by atoms with Crippen LogP contribution in [0.1, 0.15) is 104 Å². The average Bonchev–Trinajstić information content (AvgIpc) is 2.74. The van der Waals surface area contributed by atoms with Gasteiger partial charge in [0.25, 0.3) is 0 Å². The minimum atomic E-state index is -0.145. The van der Waals surface area contributed by atoms with Crippen LogP contribution >= 0.6 is 0 Å². The monoisotopic (exact) mass is 430 g/mol. The molecule has 0 aromatic rings. The second-order valence-electron chi connectivity index (χ2n) is 7.70. The third kappa shape index (κ3) is 23.1. The van der Waals surface area contributed by atoms with Crippen molar-refractivity contribution in [1.29, 1.82) is 0 Å². The van der Waals surface area contributed by atoms with Crippen LogP contribution in [-0.4, -0.2) is 51.6 Å². The SMILES string of the molecule is CCCCCCCCC(=O)OCCOCCOCCOC(=O)CCCCCCCC. The molecule has 6 heteroatoms. The van der Waals surface area contributed by atoms with E-state index in [1.54, 1.807) is 0 Å². The number of unbranched alkanes of at least 4 members (excludes halogenated alkanes) is 10. The Kier molecular flexibility index (Phi) is 23.2. The van der Waals surface area contributed by atoms with E-state index in [1.807, 2.05) is 0 Å². The summed E-state index contributed by atoms with van der Waals surface area (Å²) in [5.74, 6) is -0.291. The highest BCUT2D eigenvalue weighted by Gasteiger charge is 2.03. The predicted octanol–water partition coefficient (Wildman–Crippen LogP) is 5.61. The summed E-state index contributed by atoms with van der Waals surface area (Å²) in [6.45, 7) is 6.57. The fourth-order valence-corrected chi connectivity index (χ4v) is 2.99. The van der Waals surface area contributed by atoms with Gasteiger partial charge in [0, 0.05) is 12.8 Å². The first-order valence-electron chi connectivity index (χ1n) is 12.2. The van der Waals surface area contributed by atoms with E-state index in [2.05, 4.69) is 13.8 Å². The number of rotatable bonds is 23. The standard InChI is InChI=1S/C24H46O6/c1-3-5-7-9-11-13-15-23(25)29-21-19-27-17-18-28-20-22-30-24(26)16-14-12-10-8-6-4-2/h3-22H2,1-2H3. The Morgan fingerprint density at radius 3 is 1.20 bits per heavy atom. The highest BCUT2D eigenvalue weighted by molar-refractivity contribution is 5.69. The quantitative estimate of drug-likeness (QED) is 0.155. The average molecular weight is 431 g/mol. The van der Waals surface area contributed by atoms with Gasteiger partial charge in [-0.05, 0) is 12.8 Å². The largest absolute Gasteiger partial charge is 0.463 e. The molecule has 0 saturated carbocycles. The van der Waals surface area contributed by atoms with Gasteiger partial charge in [-0.3, -0.25) is 9.59 Å². The van der Waals surface area contributed by atoms with Crippen molar-refractivity contribution in [3.63, 3.8) is 0 Å². The van der Waals surface area contributed by atoms with Gasteiger partial charge in [0.05, 0.1) is 26.4 Å². The van der Waals surface area contributed by atoms with Crippen LogP contribution in [0.25, 0.3) is 0 Å². The molecule has 0 amide bonds. The number of hydrogen-bond donors (Lipinski definition) is 0. The van der Waals surface area contributed by atoms with E-state index >= 15 is 0 Å². The molecule has 0 saturated heterocycles. The van der Waals surface area contributed by atoms with E-state index in [4.69, 9.17) is 18.9 Å². The van der Waals surface area contributed by atoms with E-state index in [0.29, 0.717) is 39.3 Å². The first-order chi connectivity index (χ1) is 14.7. The van der Waals surface area contributed by atoms with E-state index in [1.165, 1.54) is 51.4 Å². The summed E-state index contributed by atoms with van der Waals surface area (Å²) < 4.78 is 21.0. The molecule has 0 radical (unpaired) electrons. The van der Waals surface area contributed by atoms with Crippen molar-refractivity contribution >= 4 is 11.9 Å². The van der Waals surface area contributed by atoms with Gasteiger partial charge < -0.3 is 18.9 Å². The lowest BCUT2D eigenvalue weighted by molar-refractivity contribution is -0.147. The third-order valence-electron chi connectivity index (χ3n) is 4.82. The van der Waals surface area contributed by atoms with E-state index in [-0.39, 0.29) is 25.2 Å². The maximum absolute atomic E-state index is 11.6. The van der Waals surface area contributed by atoms with Crippen molar-refractivity contribution in [3.8, 4) is 0 Å². The summed E-state index contributed by atoms with van der Waals surface area (Å²) in [6.07, 6.45) is 14.9. The number of esters is 2. The Hall–Kier alpha value is -1.14. The van der Waals surface area contributed by atoms with Crippen LogP contribution in [0.5, 0.6) is 0 Å². The maximum Gasteiger partial charge on any atom is 0.305 e. The molecule has 0 N–H and O–H groups in total. The maximum atomic E-state index is 11.6. The zero-order valence-corrected chi connectivity index (χ0v) is 19.6. The molecule has 0 fully saturated rings. The molecule has 0 aromatic heterocycles. The van der Waals surface area contributed by atoms with E-state index in [9.17, 15) is 9.59 Å². The summed E-state index contributed by atoms with van der Waals surface area (Å²) in [7, 11) is 0. The van der Waals surface area contributed by atoms with Crippen molar-refractivity contribution in [2.75, 3.05) is 39.6 Å². The second-order valence-corrected chi connectivity index (χ2v) is 7.70. The Morgan fingerprint density at radius 2 is 0.800 bits per heavy atom. The van der Waals surface area contributed by atoms with Crippen molar-refractivity contribution in [1.82, 2.24) is 0 Å². The number of hydrogen-bond acceptors (Lipinski definition) is 6. The van der Waals surface area contributed by atoms with Gasteiger partial charge in [-0.1, -0.05) is 78.1 Å². The Balaban J connectivity index is 3.23. The smallest absolute Gasteiger partial charge is 0.305 e. The molecule has 0 aromatic carbocycles. The molecule has 0 aliphatic heterocycles. The van der Waals surface area contributed by atoms with Crippen LogP contribution in [0.3, 0.4) is 0 Å². The van der Waals surface area contributed by atoms with Crippen LogP contribution in [-0.2, 0) is 28.5 Å². The minimum Gasteiger partial charge on any atom is -0.463 e. The summed E-state index contributed by atoms with van der Waals surface area (Å²) >= 11 is 0. The lowest BCUT2D eigenvalue weighted by atomic mass is 10.1. The molecular formula is C24H46O6. The number of carbonyl (C=O) groups excluding carboxylic acids is 2. The Bertz CT molecular complexity index is 350. The molecule has 0 aliphatic carbocycles. The minimum absolute atomic E-state index is 0.145. The normalized spacial score (nSPS) is 10.9. The molecule has 0 aliphatic rings. The van der Waals surface area contributed by atoms with Gasteiger partial charge in [-0.25, -0.2) is 0 Å². The molecule has 30 heavy (non-hydrogen) atoms. The summed E-state index contributed by atoms with van der Waals surface area (Å²) in [4.78, 5) is 23.1. The van der Waals surface area contributed by atoms with Gasteiger partial charge in [-0.15, -0.1) is 0 Å². The van der Waals surface area contributed by atoms with Crippen LogP contribution in [0.2, 0.25) is 0 Å². The van der Waals surface area contributed by atoms with Crippen LogP contribution in [0.4, 0.5) is 0 Å². The second kappa shape index (κ2) is 24.1. The van der Waals surface area contributed by atoms with Crippen LogP contribution in [0.15, 0.2) is 0 Å². The van der Waals surface area contributed by atoms with Crippen molar-refractivity contribution in [3.05, 3.63) is 0 Å². The Labute approximate surface area is 184 Å². The molecule has 0 bridgehead atoms. The van der Waals surface area contributed by atoms with Crippen LogP contribution in [0, 0.1) is 0 Å². The molecule has 178 valence electrons. The van der Waals surface area contributed by atoms with E-state index in [0.717, 1.165) is 25.7 Å². The molecule has 0 rings (SSSR count). The van der Waals surface area contributed by atoms with E-state index < -0.39 is 0 Å². The number of ether oxygens (including phenoxy) is 4. The third-order valence-corrected chi connectivity index (χ3v) is 4.82. The predicted molar refractivity (Wildman–Crippen MR) is 120 cm³/mol. The van der Waals surface area contributed by atoms with Gasteiger partial charge in [-0.2, -0.15) is 0 Å². The lowest BCUT2D eigenvalue weighted by Crippen LogP contribution is -2.15. The van der Waals surface area contributed by atoms with Crippen molar-refractivity contribution in [2.45, 2.75) is 104 Å². The van der Waals surface area contributed by atoms with Crippen molar-refractivity contribution in [2.24, 2.45) is 0 Å². The fraction of sp³-hybridized carbons (Fsp3) is 0.917. The zero-order chi connectivity index (χ0) is 22.1. The molecule has 0 spiro atoms. The Morgan fingerprint density at radius 1 is 0.467 bits per heavy atom. The number of carbonyl (C=O) groups is 2. The zero-order valence-electron chi connectivity index (χ0n) is 19.6. The fourth-order valence-electron chi connectivity index (χ4n) is 2.99. The lowest BCUT2D eigenvalue weighted by Gasteiger charge is -2.08. The highest BCUT2D eigenvalue weighted by atomic mass is 16.6. The first-order valence-corrected chi connectivity index (χ1v) is 12.2. The summed E-state index contributed by atoms with van der Waals surface area (Å²) in [6, 6.07) is 0. The molecule has 0 heterocycles. The van der Waals surface area contributed by atoms with Crippen LogP contribution < -0.4 is 0 Å². The van der Waals surface area contributed by atoms with Gasteiger partial charge in [0.1, 0.15) is 13.2 Å². The topological polar surface area (TPSA) is 71.1 Å². The van der Waals surface area contributed by atoms with Gasteiger partial charge in [0.15, 0.2) is 0 Å². The molecule has 6 nitrogen and oxygen atoms in total. The molecule has 0 unspecified atom stereocenters. The first kappa shape index (κ1) is 28.9.